The lowest BCUT2D eigenvalue weighted by Gasteiger charge is -2.26. The molecule has 2 saturated heterocycles. The molecular weight excluding hydrogens is 192 g/mol. The van der Waals surface area contributed by atoms with Crippen LogP contribution in [0.15, 0.2) is 0 Å². The fourth-order valence-electron chi connectivity index (χ4n) is 2.64. The first-order valence-electron chi connectivity index (χ1n) is 5.92. The molecule has 0 saturated carbocycles. The molecule has 0 aromatic rings. The molecule has 0 spiro atoms. The van der Waals surface area contributed by atoms with Crippen LogP contribution in [0.4, 0.5) is 0 Å². The van der Waals surface area contributed by atoms with Crippen LogP contribution in [0.1, 0.15) is 25.7 Å². The van der Waals surface area contributed by atoms with Gasteiger partial charge in [-0.05, 0) is 56.2 Å². The fraction of sp³-hybridized carbons (Fsp3) is 1.00. The molecule has 0 bridgehead atoms. The van der Waals surface area contributed by atoms with Crippen LogP contribution in [-0.2, 0) is 0 Å². The third-order valence-electron chi connectivity index (χ3n) is 3.59. The predicted molar refractivity (Wildman–Crippen MR) is 63.7 cm³/mol. The van der Waals surface area contributed by atoms with Crippen molar-refractivity contribution < 1.29 is 0 Å². The highest BCUT2D eigenvalue weighted by molar-refractivity contribution is 7.99. The van der Waals surface area contributed by atoms with Crippen molar-refractivity contribution in [3.05, 3.63) is 0 Å². The summed E-state index contributed by atoms with van der Waals surface area (Å²) in [5.74, 6) is 3.53. The van der Waals surface area contributed by atoms with Crippen molar-refractivity contribution in [2.24, 2.45) is 11.7 Å². The molecule has 3 heteroatoms. The van der Waals surface area contributed by atoms with Gasteiger partial charge in [0.25, 0.3) is 0 Å². The Morgan fingerprint density at radius 2 is 2.14 bits per heavy atom. The van der Waals surface area contributed by atoms with Crippen LogP contribution in [0.2, 0.25) is 0 Å². The Balaban J connectivity index is 1.82. The van der Waals surface area contributed by atoms with E-state index in [-0.39, 0.29) is 0 Å². The van der Waals surface area contributed by atoms with Crippen molar-refractivity contribution in [2.45, 2.75) is 31.7 Å². The number of hydrogen-bond acceptors (Lipinski definition) is 3. The lowest BCUT2D eigenvalue weighted by Crippen LogP contribution is -2.34. The molecule has 2 heterocycles. The van der Waals surface area contributed by atoms with Gasteiger partial charge in [-0.25, -0.2) is 0 Å². The van der Waals surface area contributed by atoms with Gasteiger partial charge in [-0.2, -0.15) is 11.8 Å². The zero-order chi connectivity index (χ0) is 9.80. The van der Waals surface area contributed by atoms with Gasteiger partial charge in [0, 0.05) is 12.6 Å². The molecule has 0 aromatic carbocycles. The average Bonchev–Trinajstić information content (AvgIpc) is 2.53. The highest BCUT2D eigenvalue weighted by Gasteiger charge is 2.27. The summed E-state index contributed by atoms with van der Waals surface area (Å²) in [5, 5.41) is 0. The Labute approximate surface area is 91.6 Å². The van der Waals surface area contributed by atoms with E-state index in [9.17, 15) is 0 Å². The monoisotopic (exact) mass is 214 g/mol. The van der Waals surface area contributed by atoms with Crippen LogP contribution < -0.4 is 5.73 Å². The zero-order valence-corrected chi connectivity index (χ0v) is 9.77. The van der Waals surface area contributed by atoms with Crippen molar-refractivity contribution in [1.29, 1.82) is 0 Å². The Morgan fingerprint density at radius 1 is 1.21 bits per heavy atom. The number of nitrogens with two attached hydrogens (primary N) is 1. The van der Waals surface area contributed by atoms with Crippen molar-refractivity contribution in [3.8, 4) is 0 Å². The summed E-state index contributed by atoms with van der Waals surface area (Å²) in [7, 11) is 0. The van der Waals surface area contributed by atoms with E-state index >= 15 is 0 Å². The summed E-state index contributed by atoms with van der Waals surface area (Å²) >= 11 is 2.13. The maximum Gasteiger partial charge on any atom is 0.0103 e. The Bertz CT molecular complexity index is 167. The second kappa shape index (κ2) is 5.38. The summed E-state index contributed by atoms with van der Waals surface area (Å²) in [6, 6.07) is 0.876. The van der Waals surface area contributed by atoms with E-state index in [0.29, 0.717) is 0 Å². The first-order valence-corrected chi connectivity index (χ1v) is 7.07. The molecule has 2 nitrogen and oxygen atoms in total. The van der Waals surface area contributed by atoms with Gasteiger partial charge in [-0.15, -0.1) is 0 Å². The average molecular weight is 214 g/mol. The highest BCUT2D eigenvalue weighted by atomic mass is 32.2. The molecule has 2 aliphatic heterocycles. The van der Waals surface area contributed by atoms with Crippen LogP contribution in [0.25, 0.3) is 0 Å². The summed E-state index contributed by atoms with van der Waals surface area (Å²) in [6.07, 6.45) is 5.57. The molecule has 2 aliphatic rings. The van der Waals surface area contributed by atoms with Crippen molar-refractivity contribution in [3.63, 3.8) is 0 Å². The minimum Gasteiger partial charge on any atom is -0.330 e. The van der Waals surface area contributed by atoms with E-state index in [1.165, 1.54) is 50.3 Å². The van der Waals surface area contributed by atoms with Gasteiger partial charge < -0.3 is 10.6 Å². The van der Waals surface area contributed by atoms with Gasteiger partial charge in [-0.3, -0.25) is 0 Å². The van der Waals surface area contributed by atoms with E-state index < -0.39 is 0 Å². The molecule has 0 aromatic heterocycles. The molecule has 2 fully saturated rings. The standard InChI is InChI=1S/C11H22N2S/c12-8-10-3-5-13(9-10)11-2-1-6-14-7-4-11/h10-11H,1-9,12H2. The molecule has 0 aliphatic carbocycles. The Hall–Kier alpha value is 0.270. The van der Waals surface area contributed by atoms with E-state index in [0.717, 1.165) is 18.5 Å². The highest BCUT2D eigenvalue weighted by Crippen LogP contribution is 2.25. The topological polar surface area (TPSA) is 29.3 Å². The SMILES string of the molecule is NCC1CCN(C2CCCSCC2)C1. The second-order valence-corrected chi connectivity index (χ2v) is 5.81. The third kappa shape index (κ3) is 2.65. The maximum absolute atomic E-state index is 5.73. The van der Waals surface area contributed by atoms with E-state index in [1.54, 1.807) is 0 Å². The van der Waals surface area contributed by atoms with Gasteiger partial charge in [-0.1, -0.05) is 0 Å². The quantitative estimate of drug-likeness (QED) is 0.756. The first-order chi connectivity index (χ1) is 6.90. The first kappa shape index (κ1) is 10.8. The number of rotatable bonds is 2. The molecule has 2 rings (SSSR count). The minimum atomic E-state index is 0.783. The third-order valence-corrected chi connectivity index (χ3v) is 4.69. The summed E-state index contributed by atoms with van der Waals surface area (Å²) < 4.78 is 0. The van der Waals surface area contributed by atoms with Gasteiger partial charge in [0.1, 0.15) is 0 Å². The predicted octanol–water partition coefficient (Wildman–Crippen LogP) is 1.55. The molecule has 0 amide bonds. The van der Waals surface area contributed by atoms with Crippen LogP contribution in [0.3, 0.4) is 0 Å². The molecule has 0 radical (unpaired) electrons. The Kier molecular flexibility index (Phi) is 4.14. The van der Waals surface area contributed by atoms with Crippen LogP contribution in [0, 0.1) is 5.92 Å². The smallest absolute Gasteiger partial charge is 0.0103 e. The van der Waals surface area contributed by atoms with Crippen molar-refractivity contribution in [2.75, 3.05) is 31.1 Å². The minimum absolute atomic E-state index is 0.783. The van der Waals surface area contributed by atoms with Gasteiger partial charge in [0.2, 0.25) is 0 Å². The molecule has 14 heavy (non-hydrogen) atoms. The molecule has 2 N–H and O–H groups in total. The van der Waals surface area contributed by atoms with Gasteiger partial charge >= 0.3 is 0 Å². The lowest BCUT2D eigenvalue weighted by atomic mass is 10.1. The Morgan fingerprint density at radius 3 is 2.93 bits per heavy atom. The van der Waals surface area contributed by atoms with E-state index in [4.69, 9.17) is 5.73 Å². The van der Waals surface area contributed by atoms with Gasteiger partial charge in [0.15, 0.2) is 0 Å². The molecular formula is C11H22N2S. The number of likely N-dealkylation sites (tertiary alicyclic amines) is 1. The van der Waals surface area contributed by atoms with E-state index in [1.807, 2.05) is 0 Å². The largest absolute Gasteiger partial charge is 0.330 e. The molecule has 82 valence electrons. The summed E-state index contributed by atoms with van der Waals surface area (Å²) in [4.78, 5) is 2.70. The van der Waals surface area contributed by atoms with Crippen LogP contribution in [0.5, 0.6) is 0 Å². The summed E-state index contributed by atoms with van der Waals surface area (Å²) in [5.41, 5.74) is 5.73. The number of nitrogens with zero attached hydrogens (tertiary/aromatic N) is 1. The van der Waals surface area contributed by atoms with Crippen molar-refractivity contribution in [1.82, 2.24) is 4.90 Å². The van der Waals surface area contributed by atoms with Gasteiger partial charge in [0.05, 0.1) is 0 Å². The number of thioether (sulfide) groups is 1. The summed E-state index contributed by atoms with van der Waals surface area (Å²) in [6.45, 7) is 3.46. The molecule has 2 unspecified atom stereocenters. The second-order valence-electron chi connectivity index (χ2n) is 4.58. The normalized spacial score (nSPS) is 35.8. The lowest BCUT2D eigenvalue weighted by molar-refractivity contribution is 0.219. The van der Waals surface area contributed by atoms with Crippen LogP contribution in [-0.4, -0.2) is 42.1 Å². The number of hydrogen-bond donors (Lipinski definition) is 1. The van der Waals surface area contributed by atoms with Crippen LogP contribution >= 0.6 is 11.8 Å². The maximum atomic E-state index is 5.73. The fourth-order valence-corrected chi connectivity index (χ4v) is 3.65. The molecule has 2 atom stereocenters. The zero-order valence-electron chi connectivity index (χ0n) is 8.95. The van der Waals surface area contributed by atoms with Crippen molar-refractivity contribution >= 4 is 11.8 Å². The van der Waals surface area contributed by atoms with E-state index in [2.05, 4.69) is 16.7 Å².